The molecule has 1 unspecified atom stereocenters. The molecule has 0 heterocycles. The molecule has 0 aliphatic carbocycles. The summed E-state index contributed by atoms with van der Waals surface area (Å²) in [5.41, 5.74) is 0. The fourth-order valence-corrected chi connectivity index (χ4v) is 10.5. The number of carbonyl (C=O) groups is 3. The molecule has 0 N–H and O–H groups in total. The van der Waals surface area contributed by atoms with Crippen molar-refractivity contribution in [3.8, 4) is 0 Å². The van der Waals surface area contributed by atoms with Crippen molar-refractivity contribution in [2.75, 3.05) is 13.2 Å². The van der Waals surface area contributed by atoms with Gasteiger partial charge in [0.15, 0.2) is 6.10 Å². The molecule has 0 aromatic heterocycles. The van der Waals surface area contributed by atoms with Crippen molar-refractivity contribution >= 4 is 17.9 Å². The van der Waals surface area contributed by atoms with Crippen LogP contribution in [-0.4, -0.2) is 37.2 Å². The highest BCUT2D eigenvalue weighted by molar-refractivity contribution is 5.71. The molecular weight excluding hydrogens is 973 g/mol. The SMILES string of the molecule is CCC/C=C\C/C=C\CCCCCCCC(=O)OCC(COC(=O)CCCCCCCCCCCCCCCCCCCCCCCCCCCCCCCCCCCC)OC(=O)CCCCCCC/C=C\C/C=C\CCCC. The summed E-state index contributed by atoms with van der Waals surface area (Å²) in [5.74, 6) is -0.890. The zero-order chi connectivity index (χ0) is 57.1. The fourth-order valence-electron chi connectivity index (χ4n) is 10.5. The number of carbonyl (C=O) groups excluding carboxylic acids is 3. The highest BCUT2D eigenvalue weighted by Crippen LogP contribution is 2.19. The molecule has 6 heteroatoms. The van der Waals surface area contributed by atoms with Crippen LogP contribution in [-0.2, 0) is 28.6 Å². The van der Waals surface area contributed by atoms with Crippen molar-refractivity contribution in [2.45, 2.75) is 386 Å². The molecule has 79 heavy (non-hydrogen) atoms. The van der Waals surface area contributed by atoms with Crippen LogP contribution in [0.2, 0.25) is 0 Å². The molecule has 0 radical (unpaired) electrons. The van der Waals surface area contributed by atoms with Crippen LogP contribution < -0.4 is 0 Å². The number of unbranched alkanes of at least 4 members (excludes halogenated alkanes) is 46. The largest absolute Gasteiger partial charge is 0.462 e. The van der Waals surface area contributed by atoms with E-state index in [4.69, 9.17) is 14.2 Å². The molecule has 0 amide bonds. The lowest BCUT2D eigenvalue weighted by Crippen LogP contribution is -2.30. The maximum Gasteiger partial charge on any atom is 0.306 e. The topological polar surface area (TPSA) is 78.9 Å². The van der Waals surface area contributed by atoms with E-state index in [-0.39, 0.29) is 31.1 Å². The third-order valence-corrected chi connectivity index (χ3v) is 15.8. The Morgan fingerprint density at radius 3 is 0.785 bits per heavy atom. The van der Waals surface area contributed by atoms with Crippen LogP contribution >= 0.6 is 0 Å². The van der Waals surface area contributed by atoms with E-state index < -0.39 is 6.10 Å². The zero-order valence-corrected chi connectivity index (χ0v) is 53.2. The molecule has 462 valence electrons. The van der Waals surface area contributed by atoms with E-state index in [1.54, 1.807) is 0 Å². The van der Waals surface area contributed by atoms with Gasteiger partial charge in [-0.05, 0) is 70.6 Å². The third-order valence-electron chi connectivity index (χ3n) is 15.8. The summed E-state index contributed by atoms with van der Waals surface area (Å²) >= 11 is 0. The molecule has 0 spiro atoms. The van der Waals surface area contributed by atoms with Gasteiger partial charge in [-0.3, -0.25) is 14.4 Å². The molecule has 0 saturated heterocycles. The van der Waals surface area contributed by atoms with Gasteiger partial charge in [0.2, 0.25) is 0 Å². The minimum absolute atomic E-state index is 0.0803. The van der Waals surface area contributed by atoms with Gasteiger partial charge in [0.1, 0.15) is 13.2 Å². The molecule has 0 saturated carbocycles. The first-order valence-corrected chi connectivity index (χ1v) is 35.1. The van der Waals surface area contributed by atoms with E-state index in [2.05, 4.69) is 69.4 Å². The second-order valence-electron chi connectivity index (χ2n) is 23.8. The molecule has 0 bridgehead atoms. The molecular formula is C73H134O6. The minimum Gasteiger partial charge on any atom is -0.462 e. The minimum atomic E-state index is -0.785. The van der Waals surface area contributed by atoms with E-state index in [1.165, 1.54) is 231 Å². The van der Waals surface area contributed by atoms with Gasteiger partial charge in [-0.15, -0.1) is 0 Å². The van der Waals surface area contributed by atoms with E-state index in [0.29, 0.717) is 19.3 Å². The lowest BCUT2D eigenvalue weighted by atomic mass is 10.0. The van der Waals surface area contributed by atoms with Crippen LogP contribution in [0.25, 0.3) is 0 Å². The smallest absolute Gasteiger partial charge is 0.306 e. The quantitative estimate of drug-likeness (QED) is 0.0261. The first kappa shape index (κ1) is 76.4. The van der Waals surface area contributed by atoms with Gasteiger partial charge in [0.05, 0.1) is 0 Å². The van der Waals surface area contributed by atoms with Crippen molar-refractivity contribution in [1.29, 1.82) is 0 Å². The Balaban J connectivity index is 4.05. The fraction of sp³-hybridized carbons (Fsp3) is 0.849. The number of hydrogen-bond donors (Lipinski definition) is 0. The Kier molecular flexibility index (Phi) is 65.6. The lowest BCUT2D eigenvalue weighted by Gasteiger charge is -2.18. The summed E-state index contributed by atoms with van der Waals surface area (Å²) in [6.45, 7) is 6.56. The van der Waals surface area contributed by atoms with Gasteiger partial charge in [0, 0.05) is 19.3 Å². The predicted molar refractivity (Wildman–Crippen MR) is 344 cm³/mol. The standard InChI is InChI=1S/C73H134O6/c1-4-7-10-13-16-19-22-25-27-28-29-30-31-32-33-34-35-36-37-38-39-40-41-42-43-44-45-46-49-51-54-57-60-63-66-72(75)78-69-70(68-77-71(74)65-62-59-56-53-50-47-24-21-18-15-12-9-6-3)79-73(76)67-64-61-58-55-52-48-26-23-20-17-14-11-8-5-2/h12,14-15,17,21,23-24,26,70H,4-11,13,16,18-20,22,25,27-69H2,1-3H3/b15-12-,17-14-,24-21-,26-23-. The predicted octanol–water partition coefficient (Wildman–Crippen LogP) is 24.1. The second kappa shape index (κ2) is 67.9. The number of rotatable bonds is 65. The Bertz CT molecular complexity index is 1360. The van der Waals surface area contributed by atoms with E-state index in [9.17, 15) is 14.4 Å². The summed E-state index contributed by atoms with van der Waals surface area (Å²) in [6, 6.07) is 0. The van der Waals surface area contributed by atoms with Gasteiger partial charge in [-0.1, -0.05) is 339 Å². The summed E-state index contributed by atoms with van der Waals surface area (Å²) in [4.78, 5) is 38.3. The monoisotopic (exact) mass is 1110 g/mol. The molecule has 0 aromatic carbocycles. The van der Waals surface area contributed by atoms with E-state index in [0.717, 1.165) is 109 Å². The lowest BCUT2D eigenvalue weighted by molar-refractivity contribution is -0.167. The summed E-state index contributed by atoms with van der Waals surface area (Å²) in [7, 11) is 0. The third kappa shape index (κ3) is 66.1. The molecule has 0 fully saturated rings. The Labute approximate surface area is 492 Å². The van der Waals surface area contributed by atoms with Gasteiger partial charge >= 0.3 is 17.9 Å². The Morgan fingerprint density at radius 1 is 0.253 bits per heavy atom. The van der Waals surface area contributed by atoms with Crippen molar-refractivity contribution in [1.82, 2.24) is 0 Å². The van der Waals surface area contributed by atoms with E-state index >= 15 is 0 Å². The number of esters is 3. The average Bonchev–Trinajstić information content (AvgIpc) is 3.45. The van der Waals surface area contributed by atoms with Crippen LogP contribution in [0.3, 0.4) is 0 Å². The summed E-state index contributed by atoms with van der Waals surface area (Å²) in [5, 5.41) is 0. The second-order valence-corrected chi connectivity index (χ2v) is 23.8. The zero-order valence-electron chi connectivity index (χ0n) is 53.2. The highest BCUT2D eigenvalue weighted by Gasteiger charge is 2.19. The summed E-state index contributed by atoms with van der Waals surface area (Å²) in [6.07, 6.45) is 86.0. The molecule has 6 nitrogen and oxygen atoms in total. The number of allylic oxidation sites excluding steroid dienone is 8. The Morgan fingerprint density at radius 2 is 0.494 bits per heavy atom. The molecule has 0 aliphatic heterocycles. The molecule has 0 rings (SSSR count). The first-order chi connectivity index (χ1) is 39.0. The van der Waals surface area contributed by atoms with Gasteiger partial charge in [-0.25, -0.2) is 0 Å². The maximum atomic E-state index is 12.9. The number of hydrogen-bond acceptors (Lipinski definition) is 6. The van der Waals surface area contributed by atoms with Crippen molar-refractivity contribution < 1.29 is 28.6 Å². The average molecular weight is 1110 g/mol. The molecule has 0 aliphatic rings. The van der Waals surface area contributed by atoms with Crippen LogP contribution in [0.15, 0.2) is 48.6 Å². The maximum absolute atomic E-state index is 12.9. The van der Waals surface area contributed by atoms with Gasteiger partial charge in [0.25, 0.3) is 0 Å². The van der Waals surface area contributed by atoms with Crippen LogP contribution in [0.1, 0.15) is 380 Å². The van der Waals surface area contributed by atoms with Crippen molar-refractivity contribution in [2.24, 2.45) is 0 Å². The van der Waals surface area contributed by atoms with Crippen molar-refractivity contribution in [3.05, 3.63) is 48.6 Å². The van der Waals surface area contributed by atoms with Gasteiger partial charge in [-0.2, -0.15) is 0 Å². The number of ether oxygens (including phenoxy) is 3. The van der Waals surface area contributed by atoms with Crippen LogP contribution in [0, 0.1) is 0 Å². The Hall–Kier alpha value is -2.63. The van der Waals surface area contributed by atoms with Crippen LogP contribution in [0.4, 0.5) is 0 Å². The highest BCUT2D eigenvalue weighted by atomic mass is 16.6. The molecule has 0 aromatic rings. The normalized spacial score (nSPS) is 12.3. The van der Waals surface area contributed by atoms with E-state index in [1.807, 2.05) is 0 Å². The summed E-state index contributed by atoms with van der Waals surface area (Å²) < 4.78 is 16.9. The molecule has 1 atom stereocenters. The van der Waals surface area contributed by atoms with Crippen molar-refractivity contribution in [3.63, 3.8) is 0 Å². The van der Waals surface area contributed by atoms with Gasteiger partial charge < -0.3 is 14.2 Å². The first-order valence-electron chi connectivity index (χ1n) is 35.1. The van der Waals surface area contributed by atoms with Crippen LogP contribution in [0.5, 0.6) is 0 Å².